The SMILES string of the molecule is Cl.Nc1nc2ncn(Cc3ccc(F)cc3)c2c(=O)[nH]1. The van der Waals surface area contributed by atoms with Crippen LogP contribution in [-0.2, 0) is 6.54 Å². The van der Waals surface area contributed by atoms with Crippen molar-refractivity contribution in [2.45, 2.75) is 6.54 Å². The van der Waals surface area contributed by atoms with Crippen molar-refractivity contribution < 1.29 is 4.39 Å². The molecule has 3 rings (SSSR count). The average molecular weight is 296 g/mol. The maximum absolute atomic E-state index is 12.8. The summed E-state index contributed by atoms with van der Waals surface area (Å²) in [5.41, 5.74) is 6.60. The predicted molar refractivity (Wildman–Crippen MR) is 75.3 cm³/mol. The van der Waals surface area contributed by atoms with Gasteiger partial charge in [-0.3, -0.25) is 9.78 Å². The van der Waals surface area contributed by atoms with Crippen LogP contribution in [0, 0.1) is 5.82 Å². The Labute approximate surface area is 118 Å². The second-order valence-corrected chi connectivity index (χ2v) is 4.12. The van der Waals surface area contributed by atoms with Gasteiger partial charge < -0.3 is 10.3 Å². The van der Waals surface area contributed by atoms with E-state index in [2.05, 4.69) is 15.0 Å². The van der Waals surface area contributed by atoms with Crippen LogP contribution in [0.25, 0.3) is 11.2 Å². The molecule has 0 aliphatic rings. The topological polar surface area (TPSA) is 89.6 Å². The molecule has 20 heavy (non-hydrogen) atoms. The van der Waals surface area contributed by atoms with Gasteiger partial charge in [-0.1, -0.05) is 12.1 Å². The Morgan fingerprint density at radius 2 is 2.00 bits per heavy atom. The van der Waals surface area contributed by atoms with Gasteiger partial charge in [0.15, 0.2) is 11.2 Å². The van der Waals surface area contributed by atoms with Gasteiger partial charge >= 0.3 is 0 Å². The van der Waals surface area contributed by atoms with Gasteiger partial charge in [0.2, 0.25) is 5.95 Å². The maximum atomic E-state index is 12.8. The molecule has 8 heteroatoms. The number of halogens is 2. The number of nitrogens with two attached hydrogens (primary N) is 1. The van der Waals surface area contributed by atoms with Crippen molar-refractivity contribution in [1.82, 2.24) is 19.5 Å². The quantitative estimate of drug-likeness (QED) is 0.746. The Kier molecular flexibility index (Phi) is 3.71. The van der Waals surface area contributed by atoms with E-state index in [0.29, 0.717) is 17.7 Å². The first-order valence-electron chi connectivity index (χ1n) is 5.58. The number of aromatic nitrogens is 4. The molecule has 1 aromatic carbocycles. The number of nitrogens with one attached hydrogen (secondary N) is 1. The van der Waals surface area contributed by atoms with Crippen molar-refractivity contribution in [3.63, 3.8) is 0 Å². The molecular formula is C12H11ClFN5O. The van der Waals surface area contributed by atoms with Crippen LogP contribution in [0.15, 0.2) is 35.4 Å². The number of hydrogen-bond donors (Lipinski definition) is 2. The lowest BCUT2D eigenvalue weighted by Crippen LogP contribution is -2.14. The fourth-order valence-corrected chi connectivity index (χ4v) is 1.91. The van der Waals surface area contributed by atoms with Crippen molar-refractivity contribution in [3.8, 4) is 0 Å². The van der Waals surface area contributed by atoms with E-state index < -0.39 is 0 Å². The molecule has 0 amide bonds. The summed E-state index contributed by atoms with van der Waals surface area (Å²) in [6.07, 6.45) is 1.51. The van der Waals surface area contributed by atoms with E-state index in [-0.39, 0.29) is 29.7 Å². The molecule has 2 aromatic heterocycles. The Morgan fingerprint density at radius 3 is 2.70 bits per heavy atom. The van der Waals surface area contributed by atoms with Crippen LogP contribution in [0.2, 0.25) is 0 Å². The molecule has 3 aromatic rings. The minimum Gasteiger partial charge on any atom is -0.369 e. The van der Waals surface area contributed by atoms with Crippen LogP contribution in [-0.4, -0.2) is 19.5 Å². The van der Waals surface area contributed by atoms with Gasteiger partial charge in [-0.25, -0.2) is 9.37 Å². The van der Waals surface area contributed by atoms with Crippen LogP contribution >= 0.6 is 12.4 Å². The summed E-state index contributed by atoms with van der Waals surface area (Å²) in [4.78, 5) is 22.2. The van der Waals surface area contributed by atoms with E-state index in [0.717, 1.165) is 5.56 Å². The van der Waals surface area contributed by atoms with E-state index in [9.17, 15) is 9.18 Å². The summed E-state index contributed by atoms with van der Waals surface area (Å²) in [6, 6.07) is 6.05. The number of aromatic amines is 1. The summed E-state index contributed by atoms with van der Waals surface area (Å²) in [6.45, 7) is 0.408. The first-order chi connectivity index (χ1) is 9.13. The van der Waals surface area contributed by atoms with Crippen molar-refractivity contribution in [3.05, 3.63) is 52.3 Å². The zero-order valence-corrected chi connectivity index (χ0v) is 11.0. The van der Waals surface area contributed by atoms with Gasteiger partial charge in [-0.15, -0.1) is 12.4 Å². The first-order valence-corrected chi connectivity index (χ1v) is 5.58. The summed E-state index contributed by atoms with van der Waals surface area (Å²) >= 11 is 0. The molecule has 6 nitrogen and oxygen atoms in total. The third-order valence-electron chi connectivity index (χ3n) is 2.77. The number of rotatable bonds is 2. The number of benzene rings is 1. The average Bonchev–Trinajstić information content (AvgIpc) is 2.75. The molecule has 0 saturated carbocycles. The van der Waals surface area contributed by atoms with Gasteiger partial charge in [0.05, 0.1) is 6.33 Å². The first kappa shape index (κ1) is 14.0. The van der Waals surface area contributed by atoms with Crippen LogP contribution in [0.3, 0.4) is 0 Å². The lowest BCUT2D eigenvalue weighted by Gasteiger charge is -2.03. The minimum absolute atomic E-state index is 0. The van der Waals surface area contributed by atoms with E-state index in [1.165, 1.54) is 18.5 Å². The summed E-state index contributed by atoms with van der Waals surface area (Å²) in [5.74, 6) is -0.268. The highest BCUT2D eigenvalue weighted by atomic mass is 35.5. The lowest BCUT2D eigenvalue weighted by atomic mass is 10.2. The smallest absolute Gasteiger partial charge is 0.278 e. The molecule has 0 aliphatic heterocycles. The van der Waals surface area contributed by atoms with Crippen LogP contribution in [0.1, 0.15) is 5.56 Å². The number of anilines is 1. The van der Waals surface area contributed by atoms with E-state index in [1.54, 1.807) is 16.7 Å². The Bertz CT molecular complexity index is 796. The zero-order chi connectivity index (χ0) is 13.4. The minimum atomic E-state index is -0.345. The standard InChI is InChI=1S/C12H10FN5O.ClH/c13-8-3-1-7(2-4-8)5-18-6-15-10-9(18)11(19)17-12(14)16-10;/h1-4,6H,5H2,(H3,14,16,17,19);1H. The van der Waals surface area contributed by atoms with Crippen LogP contribution in [0.5, 0.6) is 0 Å². The van der Waals surface area contributed by atoms with Crippen LogP contribution < -0.4 is 11.3 Å². The number of nitrogens with zero attached hydrogens (tertiary/aromatic N) is 3. The highest BCUT2D eigenvalue weighted by Crippen LogP contribution is 2.10. The van der Waals surface area contributed by atoms with E-state index >= 15 is 0 Å². The molecule has 3 N–H and O–H groups in total. The molecule has 104 valence electrons. The van der Waals surface area contributed by atoms with Crippen molar-refractivity contribution in [2.75, 3.05) is 5.73 Å². The number of H-pyrrole nitrogens is 1. The fourth-order valence-electron chi connectivity index (χ4n) is 1.91. The molecule has 0 bridgehead atoms. The Morgan fingerprint density at radius 1 is 1.30 bits per heavy atom. The van der Waals surface area contributed by atoms with Crippen LogP contribution in [0.4, 0.5) is 10.3 Å². The molecular weight excluding hydrogens is 285 g/mol. The Balaban J connectivity index is 0.00000147. The normalized spacial score (nSPS) is 10.4. The molecule has 0 radical (unpaired) electrons. The number of imidazole rings is 1. The van der Waals surface area contributed by atoms with Crippen molar-refractivity contribution >= 4 is 29.5 Å². The largest absolute Gasteiger partial charge is 0.369 e. The molecule has 0 spiro atoms. The molecule has 0 unspecified atom stereocenters. The lowest BCUT2D eigenvalue weighted by molar-refractivity contribution is 0.626. The Hall–Kier alpha value is -2.41. The number of fused-ring (bicyclic) bond motifs is 1. The molecule has 0 atom stereocenters. The molecule has 0 fully saturated rings. The predicted octanol–water partition coefficient (Wildman–Crippen LogP) is 1.31. The zero-order valence-electron chi connectivity index (χ0n) is 10.2. The highest BCUT2D eigenvalue weighted by Gasteiger charge is 2.09. The second kappa shape index (κ2) is 5.30. The second-order valence-electron chi connectivity index (χ2n) is 4.12. The van der Waals surface area contributed by atoms with Gasteiger partial charge in [0.1, 0.15) is 5.82 Å². The maximum Gasteiger partial charge on any atom is 0.278 e. The molecule has 2 heterocycles. The van der Waals surface area contributed by atoms with Gasteiger partial charge in [-0.2, -0.15) is 4.98 Å². The number of nitrogen functional groups attached to an aromatic ring is 1. The highest BCUT2D eigenvalue weighted by molar-refractivity contribution is 5.85. The molecule has 0 aliphatic carbocycles. The summed E-state index contributed by atoms with van der Waals surface area (Å²) < 4.78 is 14.5. The van der Waals surface area contributed by atoms with E-state index in [4.69, 9.17) is 5.73 Å². The van der Waals surface area contributed by atoms with Gasteiger partial charge in [0.25, 0.3) is 5.56 Å². The third-order valence-corrected chi connectivity index (χ3v) is 2.77. The van der Waals surface area contributed by atoms with Crippen molar-refractivity contribution in [2.24, 2.45) is 0 Å². The number of hydrogen-bond acceptors (Lipinski definition) is 4. The summed E-state index contributed by atoms with van der Waals surface area (Å²) in [7, 11) is 0. The monoisotopic (exact) mass is 295 g/mol. The van der Waals surface area contributed by atoms with Crippen molar-refractivity contribution in [1.29, 1.82) is 0 Å². The van der Waals surface area contributed by atoms with Gasteiger partial charge in [-0.05, 0) is 17.7 Å². The molecule has 0 saturated heterocycles. The van der Waals surface area contributed by atoms with Gasteiger partial charge in [0, 0.05) is 6.54 Å². The third kappa shape index (κ3) is 2.48. The fraction of sp³-hybridized carbons (Fsp3) is 0.0833. The summed E-state index contributed by atoms with van der Waals surface area (Å²) in [5, 5.41) is 0. The van der Waals surface area contributed by atoms with E-state index in [1.807, 2.05) is 0 Å².